The first-order valence-electron chi connectivity index (χ1n) is 2.78. The Hall–Kier alpha value is -0.210. The first kappa shape index (κ1) is 8.88. The van der Waals surface area contributed by atoms with Crippen LogP contribution >= 0.6 is 0 Å². The maximum absolute atomic E-state index is 12.4. The van der Waals surface area contributed by atoms with E-state index in [1.54, 1.807) is 0 Å². The average molecular weight is 203 g/mol. The van der Waals surface area contributed by atoms with Crippen molar-refractivity contribution in [1.29, 1.82) is 0 Å². The fraction of sp³-hybridized carbons (Fsp3) is 1.00. The molecule has 11 heavy (non-hydrogen) atoms. The molecule has 0 bridgehead atoms. The number of hydrogen-bond acceptors (Lipinski definition) is 4. The summed E-state index contributed by atoms with van der Waals surface area (Å²) >= 11 is 0. The molecule has 0 N–H and O–H groups in total. The highest BCUT2D eigenvalue weighted by molar-refractivity contribution is 8.04. The molecular formula is C3H6FNO4S2. The molecule has 0 aromatic rings. The molecule has 1 heterocycles. The van der Waals surface area contributed by atoms with E-state index in [4.69, 9.17) is 0 Å². The van der Waals surface area contributed by atoms with Crippen LogP contribution in [0.25, 0.3) is 0 Å². The van der Waals surface area contributed by atoms with Gasteiger partial charge in [0.25, 0.3) is 20.0 Å². The number of sulfonamides is 2. The topological polar surface area (TPSA) is 71.5 Å². The highest BCUT2D eigenvalue weighted by Crippen LogP contribution is 2.17. The fourth-order valence-corrected chi connectivity index (χ4v) is 4.06. The lowest BCUT2D eigenvalue weighted by Gasteiger charge is -2.16. The molecule has 1 fully saturated rings. The van der Waals surface area contributed by atoms with Crippen LogP contribution in [0.15, 0.2) is 0 Å². The SMILES string of the molecule is O=S1(=O)CCCS(=O)(=O)N1F. The standard InChI is InChI=1S/C3H6FNO4S2/c4-5-10(6,7)2-1-3-11(5,8)9/h1-3H2. The molecule has 0 saturated carbocycles. The zero-order valence-corrected chi connectivity index (χ0v) is 7.03. The Morgan fingerprint density at radius 3 is 1.64 bits per heavy atom. The molecule has 0 aliphatic carbocycles. The minimum absolute atomic E-state index is 0.0366. The lowest BCUT2D eigenvalue weighted by molar-refractivity contribution is 0.247. The Balaban J connectivity index is 3.15. The normalized spacial score (nSPS) is 29.9. The third kappa shape index (κ3) is 1.52. The number of hydrogen-bond donors (Lipinski definition) is 0. The van der Waals surface area contributed by atoms with Gasteiger partial charge in [0.2, 0.25) is 0 Å². The van der Waals surface area contributed by atoms with Gasteiger partial charge in [0.1, 0.15) is 0 Å². The van der Waals surface area contributed by atoms with Crippen molar-refractivity contribution < 1.29 is 21.3 Å². The van der Waals surface area contributed by atoms with Gasteiger partial charge in [-0.3, -0.25) is 0 Å². The van der Waals surface area contributed by atoms with E-state index in [-0.39, 0.29) is 6.42 Å². The van der Waals surface area contributed by atoms with E-state index in [2.05, 4.69) is 0 Å². The molecule has 0 atom stereocenters. The molecule has 0 radical (unpaired) electrons. The van der Waals surface area contributed by atoms with Gasteiger partial charge < -0.3 is 0 Å². The van der Waals surface area contributed by atoms with Crippen molar-refractivity contribution >= 4 is 20.0 Å². The van der Waals surface area contributed by atoms with E-state index in [0.717, 1.165) is 0 Å². The fourth-order valence-electron chi connectivity index (χ4n) is 0.740. The molecule has 1 aliphatic heterocycles. The van der Waals surface area contributed by atoms with Crippen LogP contribution in [-0.4, -0.2) is 32.3 Å². The molecule has 5 nitrogen and oxygen atoms in total. The summed E-state index contributed by atoms with van der Waals surface area (Å²) in [6.07, 6.45) is -0.0366. The van der Waals surface area contributed by atoms with E-state index in [0.29, 0.717) is 0 Å². The van der Waals surface area contributed by atoms with Crippen molar-refractivity contribution in [3.05, 3.63) is 0 Å². The van der Waals surface area contributed by atoms with E-state index < -0.39 is 35.5 Å². The third-order valence-corrected chi connectivity index (χ3v) is 5.09. The van der Waals surface area contributed by atoms with E-state index in [1.807, 2.05) is 0 Å². The zero-order valence-electron chi connectivity index (χ0n) is 5.40. The van der Waals surface area contributed by atoms with Crippen LogP contribution < -0.4 is 0 Å². The molecule has 0 unspecified atom stereocenters. The molecule has 1 rings (SSSR count). The van der Waals surface area contributed by atoms with Gasteiger partial charge in [0.05, 0.1) is 15.4 Å². The number of nitrogens with zero attached hydrogens (tertiary/aromatic N) is 1. The molecule has 66 valence electrons. The second-order valence-corrected chi connectivity index (χ2v) is 6.15. The molecule has 1 aliphatic rings. The van der Waals surface area contributed by atoms with Crippen molar-refractivity contribution in [1.82, 2.24) is 3.93 Å². The molecule has 0 aromatic carbocycles. The smallest absolute Gasteiger partial charge is 0.209 e. The third-order valence-electron chi connectivity index (χ3n) is 1.24. The van der Waals surface area contributed by atoms with Gasteiger partial charge in [-0.25, -0.2) is 16.8 Å². The minimum Gasteiger partial charge on any atom is -0.209 e. The Bertz CT molecular complexity index is 310. The largest absolute Gasteiger partial charge is 0.254 e. The van der Waals surface area contributed by atoms with Gasteiger partial charge >= 0.3 is 0 Å². The first-order valence-corrected chi connectivity index (χ1v) is 6.00. The molecule has 0 spiro atoms. The second kappa shape index (κ2) is 2.39. The Morgan fingerprint density at radius 2 is 1.36 bits per heavy atom. The van der Waals surface area contributed by atoms with Gasteiger partial charge in [0.15, 0.2) is 0 Å². The lowest BCUT2D eigenvalue weighted by atomic mass is 10.6. The monoisotopic (exact) mass is 203 g/mol. The summed E-state index contributed by atoms with van der Waals surface area (Å²) in [6, 6.07) is 0. The van der Waals surface area contributed by atoms with Crippen LogP contribution in [-0.2, 0) is 20.0 Å². The van der Waals surface area contributed by atoms with Crippen molar-refractivity contribution in [3.8, 4) is 0 Å². The van der Waals surface area contributed by atoms with Crippen LogP contribution in [0.4, 0.5) is 4.48 Å². The van der Waals surface area contributed by atoms with Crippen LogP contribution in [0.5, 0.6) is 0 Å². The number of halogens is 1. The molecule has 1 saturated heterocycles. The summed E-state index contributed by atoms with van der Waals surface area (Å²) in [5, 5.41) is 0. The first-order chi connectivity index (χ1) is 4.86. The molecule has 0 amide bonds. The Labute approximate surface area is 63.8 Å². The van der Waals surface area contributed by atoms with Crippen molar-refractivity contribution in [3.63, 3.8) is 0 Å². The van der Waals surface area contributed by atoms with Crippen molar-refractivity contribution in [2.24, 2.45) is 0 Å². The summed E-state index contributed by atoms with van der Waals surface area (Å²) in [6.45, 7) is 0. The summed E-state index contributed by atoms with van der Waals surface area (Å²) in [4.78, 5) is 0. The highest BCUT2D eigenvalue weighted by atomic mass is 32.3. The Morgan fingerprint density at radius 1 is 1.00 bits per heavy atom. The Kier molecular flexibility index (Phi) is 1.93. The quantitative estimate of drug-likeness (QED) is 0.485. The van der Waals surface area contributed by atoms with Gasteiger partial charge in [-0.15, -0.1) is 4.48 Å². The summed E-state index contributed by atoms with van der Waals surface area (Å²) in [7, 11) is -8.38. The lowest BCUT2D eigenvalue weighted by Crippen LogP contribution is -2.38. The number of rotatable bonds is 0. The van der Waals surface area contributed by atoms with Gasteiger partial charge in [-0.2, -0.15) is 0 Å². The van der Waals surface area contributed by atoms with Gasteiger partial charge in [-0.05, 0) is 6.42 Å². The maximum Gasteiger partial charge on any atom is 0.254 e. The predicted molar refractivity (Wildman–Crippen MR) is 35.1 cm³/mol. The van der Waals surface area contributed by atoms with Gasteiger partial charge in [-0.1, -0.05) is 0 Å². The van der Waals surface area contributed by atoms with Crippen LogP contribution in [0.1, 0.15) is 6.42 Å². The van der Waals surface area contributed by atoms with Crippen LogP contribution in [0.2, 0.25) is 0 Å². The van der Waals surface area contributed by atoms with Gasteiger partial charge in [0, 0.05) is 0 Å². The predicted octanol–water partition coefficient (Wildman–Crippen LogP) is -0.764. The second-order valence-electron chi connectivity index (χ2n) is 2.14. The summed E-state index contributed by atoms with van der Waals surface area (Å²) < 4.78 is 53.6. The minimum atomic E-state index is -4.19. The molecular weight excluding hydrogens is 197 g/mol. The van der Waals surface area contributed by atoms with Crippen molar-refractivity contribution in [2.75, 3.05) is 11.5 Å². The molecule has 0 aromatic heterocycles. The van der Waals surface area contributed by atoms with Crippen LogP contribution in [0, 0.1) is 0 Å². The van der Waals surface area contributed by atoms with Crippen LogP contribution in [0.3, 0.4) is 0 Å². The zero-order chi connectivity index (χ0) is 8.70. The van der Waals surface area contributed by atoms with E-state index in [1.165, 1.54) is 0 Å². The molecule has 8 heteroatoms. The van der Waals surface area contributed by atoms with E-state index in [9.17, 15) is 21.3 Å². The maximum atomic E-state index is 12.4. The summed E-state index contributed by atoms with van der Waals surface area (Å²) in [5.41, 5.74) is 0. The van der Waals surface area contributed by atoms with Crippen molar-refractivity contribution in [2.45, 2.75) is 6.42 Å². The summed E-state index contributed by atoms with van der Waals surface area (Å²) in [5.74, 6) is -0.883. The highest BCUT2D eigenvalue weighted by Gasteiger charge is 2.38. The van der Waals surface area contributed by atoms with E-state index >= 15 is 0 Å². The average Bonchev–Trinajstić information content (AvgIpc) is 1.82.